The van der Waals surface area contributed by atoms with Gasteiger partial charge in [-0.1, -0.05) is 12.1 Å². The number of fused-ring (bicyclic) bond motifs is 1. The fraction of sp³-hybridized carbons (Fsp3) is 0.429. The summed E-state index contributed by atoms with van der Waals surface area (Å²) < 4.78 is 0. The number of aromatic amines is 1. The van der Waals surface area contributed by atoms with Crippen LogP contribution in [0.1, 0.15) is 32.0 Å². The Morgan fingerprint density at radius 2 is 2.17 bits per heavy atom. The number of hydrogen-bond acceptors (Lipinski definition) is 2. The smallest absolute Gasteiger partial charge is 0.223 e. The van der Waals surface area contributed by atoms with Crippen molar-refractivity contribution in [2.45, 2.75) is 32.2 Å². The van der Waals surface area contributed by atoms with Crippen LogP contribution in [0.3, 0.4) is 0 Å². The van der Waals surface area contributed by atoms with E-state index >= 15 is 0 Å². The third-order valence-corrected chi connectivity index (χ3v) is 3.58. The summed E-state index contributed by atoms with van der Waals surface area (Å²) in [5, 5.41) is 0. The first-order valence-corrected chi connectivity index (χ1v) is 6.39. The molecule has 4 nitrogen and oxygen atoms in total. The first-order chi connectivity index (χ1) is 8.65. The van der Waals surface area contributed by atoms with E-state index in [2.05, 4.69) is 23.8 Å². The normalized spacial score (nSPS) is 20.3. The fourth-order valence-corrected chi connectivity index (χ4v) is 2.58. The number of imidazole rings is 1. The SMILES string of the molecule is CC(C)N1CC(c2nc3ccccc3[nH]2)CC1=O. The topological polar surface area (TPSA) is 49.0 Å². The second kappa shape index (κ2) is 4.12. The van der Waals surface area contributed by atoms with E-state index in [-0.39, 0.29) is 17.9 Å². The molecule has 0 bridgehead atoms. The number of carbonyl (C=O) groups is 1. The molecule has 2 aromatic rings. The van der Waals surface area contributed by atoms with Gasteiger partial charge in [-0.15, -0.1) is 0 Å². The number of benzene rings is 1. The standard InChI is InChI=1S/C14H17N3O/c1-9(2)17-8-10(7-13(17)18)14-15-11-5-3-4-6-12(11)16-14/h3-6,9-10H,7-8H2,1-2H3,(H,15,16). The number of para-hydroxylation sites is 2. The van der Waals surface area contributed by atoms with Gasteiger partial charge in [0.2, 0.25) is 5.91 Å². The van der Waals surface area contributed by atoms with Gasteiger partial charge in [-0.3, -0.25) is 4.79 Å². The maximum absolute atomic E-state index is 11.9. The molecule has 2 heterocycles. The quantitative estimate of drug-likeness (QED) is 0.879. The molecule has 0 aliphatic carbocycles. The van der Waals surface area contributed by atoms with E-state index in [1.807, 2.05) is 29.2 Å². The molecule has 1 amide bonds. The predicted octanol–water partition coefficient (Wildman–Crippen LogP) is 2.29. The van der Waals surface area contributed by atoms with Crippen molar-refractivity contribution >= 4 is 16.9 Å². The monoisotopic (exact) mass is 243 g/mol. The van der Waals surface area contributed by atoms with Gasteiger partial charge in [0.25, 0.3) is 0 Å². The number of hydrogen-bond donors (Lipinski definition) is 1. The zero-order chi connectivity index (χ0) is 12.7. The van der Waals surface area contributed by atoms with E-state index in [1.54, 1.807) is 0 Å². The van der Waals surface area contributed by atoms with Crippen LogP contribution in [0.2, 0.25) is 0 Å². The molecule has 1 aromatic heterocycles. The number of carbonyl (C=O) groups excluding carboxylic acids is 1. The Kier molecular flexibility index (Phi) is 2.58. The highest BCUT2D eigenvalue weighted by molar-refractivity contribution is 5.80. The van der Waals surface area contributed by atoms with Gasteiger partial charge < -0.3 is 9.88 Å². The van der Waals surface area contributed by atoms with Crippen molar-refractivity contribution in [3.63, 3.8) is 0 Å². The van der Waals surface area contributed by atoms with Gasteiger partial charge in [0, 0.05) is 24.9 Å². The molecule has 1 saturated heterocycles. The zero-order valence-electron chi connectivity index (χ0n) is 10.7. The molecule has 18 heavy (non-hydrogen) atoms. The van der Waals surface area contributed by atoms with Gasteiger partial charge in [-0.05, 0) is 26.0 Å². The molecule has 4 heteroatoms. The van der Waals surface area contributed by atoms with E-state index in [0.29, 0.717) is 6.42 Å². The number of H-pyrrole nitrogens is 1. The van der Waals surface area contributed by atoms with Crippen molar-refractivity contribution in [2.75, 3.05) is 6.54 Å². The summed E-state index contributed by atoms with van der Waals surface area (Å²) in [7, 11) is 0. The van der Waals surface area contributed by atoms with Gasteiger partial charge in [-0.2, -0.15) is 0 Å². The Bertz CT molecular complexity index is 554. The van der Waals surface area contributed by atoms with Gasteiger partial charge in [0.05, 0.1) is 11.0 Å². The van der Waals surface area contributed by atoms with E-state index in [0.717, 1.165) is 23.4 Å². The lowest BCUT2D eigenvalue weighted by Gasteiger charge is -2.20. The van der Waals surface area contributed by atoms with Crippen molar-refractivity contribution in [3.8, 4) is 0 Å². The Balaban J connectivity index is 1.90. The van der Waals surface area contributed by atoms with Crippen molar-refractivity contribution in [2.24, 2.45) is 0 Å². The molecule has 0 spiro atoms. The maximum Gasteiger partial charge on any atom is 0.223 e. The van der Waals surface area contributed by atoms with Crippen molar-refractivity contribution in [3.05, 3.63) is 30.1 Å². The molecule has 1 aliphatic heterocycles. The third-order valence-electron chi connectivity index (χ3n) is 3.58. The summed E-state index contributed by atoms with van der Waals surface area (Å²) >= 11 is 0. The largest absolute Gasteiger partial charge is 0.342 e. The lowest BCUT2D eigenvalue weighted by atomic mass is 10.1. The summed E-state index contributed by atoms with van der Waals surface area (Å²) in [6.07, 6.45) is 0.567. The van der Waals surface area contributed by atoms with Gasteiger partial charge in [-0.25, -0.2) is 4.98 Å². The molecular formula is C14H17N3O. The van der Waals surface area contributed by atoms with Crippen LogP contribution in [0.5, 0.6) is 0 Å². The minimum atomic E-state index is 0.201. The second-order valence-electron chi connectivity index (χ2n) is 5.18. The molecule has 94 valence electrons. The Morgan fingerprint density at radius 3 is 2.83 bits per heavy atom. The summed E-state index contributed by atoms with van der Waals surface area (Å²) in [5.41, 5.74) is 2.02. The molecular weight excluding hydrogens is 226 g/mol. The van der Waals surface area contributed by atoms with Crippen LogP contribution in [0.4, 0.5) is 0 Å². The lowest BCUT2D eigenvalue weighted by Crippen LogP contribution is -2.31. The van der Waals surface area contributed by atoms with E-state index < -0.39 is 0 Å². The van der Waals surface area contributed by atoms with Crippen LogP contribution in [-0.4, -0.2) is 33.4 Å². The molecule has 1 aromatic carbocycles. The highest BCUT2D eigenvalue weighted by Crippen LogP contribution is 2.28. The zero-order valence-corrected chi connectivity index (χ0v) is 10.7. The van der Waals surface area contributed by atoms with Crippen LogP contribution < -0.4 is 0 Å². The van der Waals surface area contributed by atoms with Crippen LogP contribution in [0, 0.1) is 0 Å². The molecule has 0 radical (unpaired) electrons. The van der Waals surface area contributed by atoms with E-state index in [4.69, 9.17) is 0 Å². The Morgan fingerprint density at radius 1 is 1.39 bits per heavy atom. The highest BCUT2D eigenvalue weighted by Gasteiger charge is 2.33. The van der Waals surface area contributed by atoms with Crippen LogP contribution >= 0.6 is 0 Å². The lowest BCUT2D eigenvalue weighted by molar-refractivity contribution is -0.129. The summed E-state index contributed by atoms with van der Waals surface area (Å²) in [6.45, 7) is 4.88. The maximum atomic E-state index is 11.9. The van der Waals surface area contributed by atoms with E-state index in [9.17, 15) is 4.79 Å². The first kappa shape index (κ1) is 11.3. The van der Waals surface area contributed by atoms with Crippen LogP contribution in [-0.2, 0) is 4.79 Å². The number of amides is 1. The predicted molar refractivity (Wildman–Crippen MR) is 70.3 cm³/mol. The number of aromatic nitrogens is 2. The number of nitrogens with zero attached hydrogens (tertiary/aromatic N) is 2. The Hall–Kier alpha value is -1.84. The van der Waals surface area contributed by atoms with Gasteiger partial charge in [0.15, 0.2) is 0 Å². The summed E-state index contributed by atoms with van der Waals surface area (Å²) in [5.74, 6) is 1.37. The van der Waals surface area contributed by atoms with Crippen LogP contribution in [0.25, 0.3) is 11.0 Å². The molecule has 1 fully saturated rings. The highest BCUT2D eigenvalue weighted by atomic mass is 16.2. The van der Waals surface area contributed by atoms with Crippen molar-refractivity contribution in [1.82, 2.24) is 14.9 Å². The van der Waals surface area contributed by atoms with Gasteiger partial charge >= 0.3 is 0 Å². The molecule has 1 atom stereocenters. The van der Waals surface area contributed by atoms with E-state index in [1.165, 1.54) is 0 Å². The Labute approximate surface area is 106 Å². The molecule has 3 rings (SSSR count). The number of nitrogens with one attached hydrogen (secondary N) is 1. The minimum Gasteiger partial charge on any atom is -0.342 e. The average molecular weight is 243 g/mol. The third kappa shape index (κ3) is 1.78. The fourth-order valence-electron chi connectivity index (χ4n) is 2.58. The van der Waals surface area contributed by atoms with Gasteiger partial charge in [0.1, 0.15) is 5.82 Å². The number of likely N-dealkylation sites (tertiary alicyclic amines) is 1. The number of rotatable bonds is 2. The second-order valence-corrected chi connectivity index (χ2v) is 5.18. The summed E-state index contributed by atoms with van der Waals surface area (Å²) in [6, 6.07) is 8.25. The average Bonchev–Trinajstić information content (AvgIpc) is 2.91. The van der Waals surface area contributed by atoms with Crippen molar-refractivity contribution in [1.29, 1.82) is 0 Å². The molecule has 1 unspecified atom stereocenters. The first-order valence-electron chi connectivity index (χ1n) is 6.39. The van der Waals surface area contributed by atoms with Crippen LogP contribution in [0.15, 0.2) is 24.3 Å². The summed E-state index contributed by atoms with van der Waals surface area (Å²) in [4.78, 5) is 21.7. The van der Waals surface area contributed by atoms with Crippen molar-refractivity contribution < 1.29 is 4.79 Å². The minimum absolute atomic E-state index is 0.201. The molecule has 0 saturated carbocycles. The molecule has 1 aliphatic rings. The molecule has 1 N–H and O–H groups in total.